The lowest BCUT2D eigenvalue weighted by atomic mass is 10.1. The number of rotatable bonds is 4. The summed E-state index contributed by atoms with van der Waals surface area (Å²) in [5.41, 5.74) is 0. The monoisotopic (exact) mass is 185 g/mol. The van der Waals surface area contributed by atoms with Gasteiger partial charge in [-0.05, 0) is 26.3 Å². The predicted molar refractivity (Wildman–Crippen MR) is 51.8 cm³/mol. The maximum absolute atomic E-state index is 10.7. The number of carbonyl (C=O) groups is 1. The van der Waals surface area contributed by atoms with Gasteiger partial charge in [0.05, 0.1) is 6.10 Å². The number of ether oxygens (including phenoxy) is 1. The molecule has 1 fully saturated rings. The van der Waals surface area contributed by atoms with Crippen molar-refractivity contribution in [3.8, 4) is 0 Å². The first-order valence-electron chi connectivity index (χ1n) is 5.05. The molecule has 1 rings (SSSR count). The standard InChI is InChI=1S/C10H19NO2/c1-3-11-6-4-10(5-7-11)13-8-9(2)12/h10H,3-8H2,1-2H3. The van der Waals surface area contributed by atoms with Gasteiger partial charge in [0.15, 0.2) is 5.78 Å². The molecule has 3 nitrogen and oxygen atoms in total. The maximum atomic E-state index is 10.7. The molecular weight excluding hydrogens is 166 g/mol. The van der Waals surface area contributed by atoms with Crippen LogP contribution in [0.4, 0.5) is 0 Å². The van der Waals surface area contributed by atoms with Gasteiger partial charge in [0.1, 0.15) is 6.61 Å². The molecular formula is C10H19NO2. The number of hydrogen-bond acceptors (Lipinski definition) is 3. The van der Waals surface area contributed by atoms with Gasteiger partial charge in [0, 0.05) is 13.1 Å². The van der Waals surface area contributed by atoms with Crippen LogP contribution in [0.2, 0.25) is 0 Å². The first-order valence-corrected chi connectivity index (χ1v) is 5.05. The Balaban J connectivity index is 2.14. The van der Waals surface area contributed by atoms with E-state index in [9.17, 15) is 4.79 Å². The first kappa shape index (κ1) is 10.7. The minimum Gasteiger partial charge on any atom is -0.370 e. The quantitative estimate of drug-likeness (QED) is 0.656. The highest BCUT2D eigenvalue weighted by Crippen LogP contribution is 2.12. The number of carbonyl (C=O) groups excluding carboxylic acids is 1. The molecule has 0 aromatic carbocycles. The van der Waals surface area contributed by atoms with Crippen LogP contribution >= 0.6 is 0 Å². The van der Waals surface area contributed by atoms with Crippen molar-refractivity contribution in [1.82, 2.24) is 4.90 Å². The van der Waals surface area contributed by atoms with Gasteiger partial charge in [-0.2, -0.15) is 0 Å². The number of Topliss-reactive ketones (excluding diaryl/α,β-unsaturated/α-hetero) is 1. The molecule has 0 bridgehead atoms. The Bertz CT molecular complexity index is 162. The third-order valence-corrected chi connectivity index (χ3v) is 2.50. The second-order valence-corrected chi connectivity index (χ2v) is 3.65. The van der Waals surface area contributed by atoms with Crippen molar-refractivity contribution in [3.63, 3.8) is 0 Å². The summed E-state index contributed by atoms with van der Waals surface area (Å²) in [6.45, 7) is 7.38. The highest BCUT2D eigenvalue weighted by Gasteiger charge is 2.18. The van der Waals surface area contributed by atoms with E-state index in [4.69, 9.17) is 4.74 Å². The summed E-state index contributed by atoms with van der Waals surface area (Å²) in [4.78, 5) is 13.1. The van der Waals surface area contributed by atoms with Crippen LogP contribution in [0.3, 0.4) is 0 Å². The molecule has 1 aliphatic rings. The summed E-state index contributed by atoms with van der Waals surface area (Å²) in [5, 5.41) is 0. The lowest BCUT2D eigenvalue weighted by Gasteiger charge is -2.30. The summed E-state index contributed by atoms with van der Waals surface area (Å²) in [6, 6.07) is 0. The largest absolute Gasteiger partial charge is 0.370 e. The summed E-state index contributed by atoms with van der Waals surface area (Å²) in [7, 11) is 0. The zero-order valence-electron chi connectivity index (χ0n) is 8.58. The third kappa shape index (κ3) is 3.87. The van der Waals surface area contributed by atoms with Crippen LogP contribution in [-0.2, 0) is 9.53 Å². The van der Waals surface area contributed by atoms with Crippen molar-refractivity contribution in [3.05, 3.63) is 0 Å². The Kier molecular flexibility index (Phi) is 4.39. The average molecular weight is 185 g/mol. The topological polar surface area (TPSA) is 29.5 Å². The van der Waals surface area contributed by atoms with Gasteiger partial charge in [0.25, 0.3) is 0 Å². The van der Waals surface area contributed by atoms with E-state index in [0.717, 1.165) is 32.5 Å². The Morgan fingerprint density at radius 1 is 1.46 bits per heavy atom. The van der Waals surface area contributed by atoms with E-state index in [0.29, 0.717) is 6.10 Å². The van der Waals surface area contributed by atoms with Crippen molar-refractivity contribution in [1.29, 1.82) is 0 Å². The van der Waals surface area contributed by atoms with E-state index in [-0.39, 0.29) is 12.4 Å². The number of ketones is 1. The van der Waals surface area contributed by atoms with Gasteiger partial charge in [-0.3, -0.25) is 4.79 Å². The second kappa shape index (κ2) is 5.35. The molecule has 3 heteroatoms. The first-order chi connectivity index (χ1) is 6.22. The van der Waals surface area contributed by atoms with Gasteiger partial charge < -0.3 is 9.64 Å². The second-order valence-electron chi connectivity index (χ2n) is 3.65. The van der Waals surface area contributed by atoms with E-state index in [1.165, 1.54) is 0 Å². The molecule has 0 N–H and O–H groups in total. The van der Waals surface area contributed by atoms with E-state index < -0.39 is 0 Å². The highest BCUT2D eigenvalue weighted by atomic mass is 16.5. The molecule has 0 aromatic rings. The van der Waals surface area contributed by atoms with Gasteiger partial charge in [-0.15, -0.1) is 0 Å². The molecule has 13 heavy (non-hydrogen) atoms. The van der Waals surface area contributed by atoms with Crippen LogP contribution in [0.1, 0.15) is 26.7 Å². The predicted octanol–water partition coefficient (Wildman–Crippen LogP) is 1.08. The summed E-state index contributed by atoms with van der Waals surface area (Å²) < 4.78 is 5.46. The average Bonchev–Trinajstić information content (AvgIpc) is 2.15. The Labute approximate surface area is 80.1 Å². The normalized spacial score (nSPS) is 20.5. The van der Waals surface area contributed by atoms with E-state index in [1.54, 1.807) is 6.92 Å². The van der Waals surface area contributed by atoms with Crippen molar-refractivity contribution in [2.24, 2.45) is 0 Å². The number of nitrogens with zero attached hydrogens (tertiary/aromatic N) is 1. The summed E-state index contributed by atoms with van der Waals surface area (Å²) in [5.74, 6) is 0.123. The lowest BCUT2D eigenvalue weighted by Crippen LogP contribution is -2.37. The maximum Gasteiger partial charge on any atom is 0.155 e. The molecule has 0 aliphatic carbocycles. The van der Waals surface area contributed by atoms with Crippen LogP contribution in [0.5, 0.6) is 0 Å². The molecule has 0 radical (unpaired) electrons. The fraction of sp³-hybridized carbons (Fsp3) is 0.900. The van der Waals surface area contributed by atoms with Crippen LogP contribution in [0, 0.1) is 0 Å². The van der Waals surface area contributed by atoms with Gasteiger partial charge >= 0.3 is 0 Å². The lowest BCUT2D eigenvalue weighted by molar-refractivity contribution is -0.124. The molecule has 1 heterocycles. The van der Waals surface area contributed by atoms with Crippen molar-refractivity contribution >= 4 is 5.78 Å². The number of piperidine rings is 1. The molecule has 76 valence electrons. The Morgan fingerprint density at radius 3 is 2.54 bits per heavy atom. The van der Waals surface area contributed by atoms with Crippen molar-refractivity contribution < 1.29 is 9.53 Å². The molecule has 0 atom stereocenters. The Morgan fingerprint density at radius 2 is 2.08 bits per heavy atom. The van der Waals surface area contributed by atoms with E-state index >= 15 is 0 Å². The zero-order chi connectivity index (χ0) is 9.68. The van der Waals surface area contributed by atoms with Gasteiger partial charge in [-0.25, -0.2) is 0 Å². The van der Waals surface area contributed by atoms with Crippen LogP contribution in [0.15, 0.2) is 0 Å². The summed E-state index contributed by atoms with van der Waals surface area (Å²) >= 11 is 0. The van der Waals surface area contributed by atoms with Crippen LogP contribution in [-0.4, -0.2) is 43.0 Å². The van der Waals surface area contributed by atoms with Crippen LogP contribution < -0.4 is 0 Å². The minimum atomic E-state index is 0.123. The van der Waals surface area contributed by atoms with Crippen molar-refractivity contribution in [2.45, 2.75) is 32.8 Å². The minimum absolute atomic E-state index is 0.123. The molecule has 0 spiro atoms. The number of hydrogen-bond donors (Lipinski definition) is 0. The van der Waals surface area contributed by atoms with Gasteiger partial charge in [-0.1, -0.05) is 6.92 Å². The molecule has 1 saturated heterocycles. The SMILES string of the molecule is CCN1CCC(OCC(C)=O)CC1. The van der Waals surface area contributed by atoms with E-state index in [2.05, 4.69) is 11.8 Å². The zero-order valence-corrected chi connectivity index (χ0v) is 8.58. The molecule has 1 aliphatic heterocycles. The molecule has 0 saturated carbocycles. The highest BCUT2D eigenvalue weighted by molar-refractivity contribution is 5.76. The third-order valence-electron chi connectivity index (χ3n) is 2.50. The number of likely N-dealkylation sites (tertiary alicyclic amines) is 1. The van der Waals surface area contributed by atoms with Crippen LogP contribution in [0.25, 0.3) is 0 Å². The smallest absolute Gasteiger partial charge is 0.155 e. The summed E-state index contributed by atoms with van der Waals surface area (Å²) in [6.07, 6.45) is 2.45. The fourth-order valence-corrected chi connectivity index (χ4v) is 1.63. The molecule has 0 amide bonds. The van der Waals surface area contributed by atoms with E-state index in [1.807, 2.05) is 0 Å². The van der Waals surface area contributed by atoms with Crippen molar-refractivity contribution in [2.75, 3.05) is 26.2 Å². The fourth-order valence-electron chi connectivity index (χ4n) is 1.63. The molecule has 0 aromatic heterocycles. The molecule has 0 unspecified atom stereocenters. The van der Waals surface area contributed by atoms with Gasteiger partial charge in [0.2, 0.25) is 0 Å². The Hall–Kier alpha value is -0.410.